The molecule has 128 valence electrons. The zero-order chi connectivity index (χ0) is 17.3. The second-order valence-electron chi connectivity index (χ2n) is 5.69. The van der Waals surface area contributed by atoms with Gasteiger partial charge in [-0.15, -0.1) is 0 Å². The Bertz CT molecular complexity index is 672. The molecule has 8 heteroatoms. The lowest BCUT2D eigenvalue weighted by Gasteiger charge is -2.23. The van der Waals surface area contributed by atoms with Crippen molar-refractivity contribution in [1.29, 1.82) is 0 Å². The molecule has 1 aliphatic heterocycles. The lowest BCUT2D eigenvalue weighted by atomic mass is 10.1. The van der Waals surface area contributed by atoms with Crippen LogP contribution in [0.4, 0.5) is 0 Å². The predicted octanol–water partition coefficient (Wildman–Crippen LogP) is 0.751. The van der Waals surface area contributed by atoms with E-state index in [1.165, 1.54) is 7.11 Å². The van der Waals surface area contributed by atoms with E-state index in [0.717, 1.165) is 5.69 Å². The van der Waals surface area contributed by atoms with Crippen molar-refractivity contribution >= 4 is 28.5 Å². The van der Waals surface area contributed by atoms with Crippen LogP contribution in [0.5, 0.6) is 5.75 Å². The van der Waals surface area contributed by atoms with E-state index in [-0.39, 0.29) is 41.5 Å². The molecule has 0 saturated heterocycles. The summed E-state index contributed by atoms with van der Waals surface area (Å²) in [5.74, 6) is -0.334. The van der Waals surface area contributed by atoms with Crippen LogP contribution in [-0.2, 0) is 0 Å². The van der Waals surface area contributed by atoms with Crippen LogP contribution in [-0.4, -0.2) is 54.8 Å². The Kier molecular flexibility index (Phi) is 5.69. The number of amides is 1. The average Bonchev–Trinajstić information content (AvgIpc) is 2.90. The van der Waals surface area contributed by atoms with Crippen LogP contribution in [0.1, 0.15) is 41.6 Å². The molecule has 0 radical (unpaired) electrons. The zero-order valence-corrected chi connectivity index (χ0v) is 15.9. The van der Waals surface area contributed by atoms with E-state index < -0.39 is 0 Å². The molecule has 0 fully saturated rings. The Balaban J connectivity index is 2.83. The molecule has 0 aromatic carbocycles. The number of carbonyl (C=O) groups is 1. The second-order valence-corrected chi connectivity index (χ2v) is 6.77. The number of fused-ring (bicyclic) bond motifs is 1. The molecule has 1 amide bonds. The van der Waals surface area contributed by atoms with Crippen LogP contribution in [0, 0.1) is 3.57 Å². The smallest absolute Gasteiger partial charge is 0.271 e. The molecule has 2 rings (SSSR count). The van der Waals surface area contributed by atoms with Gasteiger partial charge in [0.15, 0.2) is 11.4 Å². The fourth-order valence-corrected chi connectivity index (χ4v) is 3.94. The first-order chi connectivity index (χ1) is 10.9. The third kappa shape index (κ3) is 2.99. The Morgan fingerprint density at radius 2 is 2.17 bits per heavy atom. The summed E-state index contributed by atoms with van der Waals surface area (Å²) in [7, 11) is 5.23. The third-order valence-electron chi connectivity index (χ3n) is 4.11. The van der Waals surface area contributed by atoms with Crippen molar-refractivity contribution < 1.29 is 14.6 Å². The summed E-state index contributed by atoms with van der Waals surface area (Å²) in [6.07, 6.45) is 0.637. The maximum absolute atomic E-state index is 12.6. The molecule has 2 heterocycles. The zero-order valence-electron chi connectivity index (χ0n) is 13.7. The molecule has 1 aromatic heterocycles. The fraction of sp³-hybridized carbons (Fsp3) is 0.600. The van der Waals surface area contributed by atoms with Gasteiger partial charge >= 0.3 is 0 Å². The van der Waals surface area contributed by atoms with Gasteiger partial charge in [-0.2, -0.15) is 0 Å². The summed E-state index contributed by atoms with van der Waals surface area (Å²) in [6, 6.07) is -0.302. The monoisotopic (exact) mass is 435 g/mol. The van der Waals surface area contributed by atoms with E-state index in [1.54, 1.807) is 4.57 Å². The summed E-state index contributed by atoms with van der Waals surface area (Å²) in [5.41, 5.74) is 0.672. The first-order valence-electron chi connectivity index (χ1n) is 7.46. The fourth-order valence-electron chi connectivity index (χ4n) is 3.08. The molecular weight excluding hydrogens is 413 g/mol. The van der Waals surface area contributed by atoms with Crippen LogP contribution >= 0.6 is 22.6 Å². The van der Waals surface area contributed by atoms with Crippen molar-refractivity contribution in [3.63, 3.8) is 0 Å². The third-order valence-corrected chi connectivity index (χ3v) is 5.16. The minimum Gasteiger partial charge on any atom is -0.491 e. The number of ether oxygens (including phenoxy) is 1. The summed E-state index contributed by atoms with van der Waals surface area (Å²) >= 11 is 2.00. The summed E-state index contributed by atoms with van der Waals surface area (Å²) in [4.78, 5) is 27.2. The maximum Gasteiger partial charge on any atom is 0.271 e. The predicted molar refractivity (Wildman–Crippen MR) is 95.1 cm³/mol. The van der Waals surface area contributed by atoms with Crippen LogP contribution in [0.3, 0.4) is 0 Å². The van der Waals surface area contributed by atoms with E-state index in [9.17, 15) is 14.7 Å². The first-order valence-corrected chi connectivity index (χ1v) is 8.54. The highest BCUT2D eigenvalue weighted by Gasteiger charge is 2.39. The highest BCUT2D eigenvalue weighted by Crippen LogP contribution is 2.41. The van der Waals surface area contributed by atoms with Gasteiger partial charge in [0.1, 0.15) is 0 Å². The molecule has 1 unspecified atom stereocenters. The number of halogens is 1. The number of methoxy groups -OCH3 is 1. The van der Waals surface area contributed by atoms with Crippen molar-refractivity contribution in [2.45, 2.75) is 25.4 Å². The standard InChI is InChI=1S/C15H22IN3O4/c1-5-17-15(22)12-14(23-4)13(21)10(16)11-9(18(2)3)6-8(7-20)19(11)12/h8-9,20H,5-7H2,1-4H3,(H,17,22)/t8-,9?/m0/s1. The molecule has 1 aliphatic rings. The number of hydrogen-bond acceptors (Lipinski definition) is 5. The van der Waals surface area contributed by atoms with Gasteiger partial charge in [-0.3, -0.25) is 9.59 Å². The topological polar surface area (TPSA) is 83.8 Å². The van der Waals surface area contributed by atoms with Crippen LogP contribution in [0.25, 0.3) is 0 Å². The molecule has 2 N–H and O–H groups in total. The molecule has 23 heavy (non-hydrogen) atoms. The highest BCUT2D eigenvalue weighted by molar-refractivity contribution is 14.1. The number of aromatic nitrogens is 1. The Hall–Kier alpha value is -1.13. The van der Waals surface area contributed by atoms with Crippen molar-refractivity contribution in [3.8, 4) is 5.75 Å². The van der Waals surface area contributed by atoms with E-state index in [2.05, 4.69) is 5.32 Å². The largest absolute Gasteiger partial charge is 0.491 e. The summed E-state index contributed by atoms with van der Waals surface area (Å²) < 4.78 is 7.55. The number of carbonyl (C=O) groups excluding carboxylic acids is 1. The number of nitrogens with one attached hydrogen (secondary N) is 1. The van der Waals surface area contributed by atoms with Gasteiger partial charge in [0.2, 0.25) is 5.43 Å². The van der Waals surface area contributed by atoms with Crippen molar-refractivity contribution in [3.05, 3.63) is 25.2 Å². The van der Waals surface area contributed by atoms with Gasteiger partial charge in [0.05, 0.1) is 35.1 Å². The molecule has 2 atom stereocenters. The molecule has 7 nitrogen and oxygen atoms in total. The van der Waals surface area contributed by atoms with Gasteiger partial charge in [-0.05, 0) is 50.0 Å². The van der Waals surface area contributed by atoms with E-state index in [0.29, 0.717) is 16.5 Å². The van der Waals surface area contributed by atoms with Gasteiger partial charge in [-0.25, -0.2) is 0 Å². The van der Waals surface area contributed by atoms with Crippen molar-refractivity contribution in [2.75, 3.05) is 34.4 Å². The maximum atomic E-state index is 12.6. The van der Waals surface area contributed by atoms with Gasteiger partial charge in [-0.1, -0.05) is 0 Å². The molecular formula is C15H22IN3O4. The highest BCUT2D eigenvalue weighted by atomic mass is 127. The number of rotatable bonds is 5. The number of aliphatic hydroxyl groups is 1. The SMILES string of the molecule is CCNC(=O)c1c(OC)c(=O)c(I)c2n1[C@H](CO)CC2N(C)C. The Morgan fingerprint density at radius 3 is 2.65 bits per heavy atom. The van der Waals surface area contributed by atoms with E-state index >= 15 is 0 Å². The second kappa shape index (κ2) is 7.18. The summed E-state index contributed by atoms with van der Waals surface area (Å²) in [5, 5.41) is 12.5. The van der Waals surface area contributed by atoms with Crippen molar-refractivity contribution in [2.24, 2.45) is 0 Å². The lowest BCUT2D eigenvalue weighted by Crippen LogP contribution is -2.33. The van der Waals surface area contributed by atoms with Gasteiger partial charge in [0.25, 0.3) is 5.91 Å². The van der Waals surface area contributed by atoms with Gasteiger partial charge in [0, 0.05) is 6.54 Å². The molecule has 0 aliphatic carbocycles. The number of hydrogen-bond donors (Lipinski definition) is 2. The molecule has 0 bridgehead atoms. The summed E-state index contributed by atoms with van der Waals surface area (Å²) in [6.45, 7) is 2.15. The van der Waals surface area contributed by atoms with E-state index in [4.69, 9.17) is 4.74 Å². The Morgan fingerprint density at radius 1 is 1.52 bits per heavy atom. The quantitative estimate of drug-likeness (QED) is 0.668. The average molecular weight is 435 g/mol. The number of nitrogens with zero attached hydrogens (tertiary/aromatic N) is 2. The minimum absolute atomic E-state index is 0.0296. The van der Waals surface area contributed by atoms with E-state index in [1.807, 2.05) is 48.5 Å². The molecule has 0 saturated carbocycles. The lowest BCUT2D eigenvalue weighted by molar-refractivity contribution is 0.0936. The number of pyridine rings is 1. The normalized spacial score (nSPS) is 19.8. The first kappa shape index (κ1) is 18.2. The molecule has 1 aromatic rings. The molecule has 0 spiro atoms. The minimum atomic E-state index is -0.364. The Labute approximate surface area is 148 Å². The van der Waals surface area contributed by atoms with Crippen LogP contribution in [0.2, 0.25) is 0 Å². The van der Waals surface area contributed by atoms with Gasteiger partial charge < -0.3 is 24.6 Å². The van der Waals surface area contributed by atoms with Crippen LogP contribution in [0.15, 0.2) is 4.79 Å². The van der Waals surface area contributed by atoms with Crippen LogP contribution < -0.4 is 15.5 Å². The number of aliphatic hydroxyl groups excluding tert-OH is 1. The van der Waals surface area contributed by atoms with Crippen molar-refractivity contribution in [1.82, 2.24) is 14.8 Å².